The van der Waals surface area contributed by atoms with Gasteiger partial charge in [0.2, 0.25) is 0 Å². The van der Waals surface area contributed by atoms with E-state index in [1.165, 1.54) is 25.7 Å². The highest BCUT2D eigenvalue weighted by atomic mass is 35.5. The molecule has 4 heteroatoms. The van der Waals surface area contributed by atoms with Crippen molar-refractivity contribution in [1.29, 1.82) is 0 Å². The molecule has 1 heterocycles. The molecule has 0 aliphatic heterocycles. The third-order valence-electron chi connectivity index (χ3n) is 3.22. The van der Waals surface area contributed by atoms with Crippen molar-refractivity contribution in [2.45, 2.75) is 44.6 Å². The summed E-state index contributed by atoms with van der Waals surface area (Å²) in [4.78, 5) is 8.77. The van der Waals surface area contributed by atoms with E-state index in [-0.39, 0.29) is 6.10 Å². The van der Waals surface area contributed by atoms with Crippen LogP contribution >= 0.6 is 11.6 Å². The number of hydrogen-bond donors (Lipinski definition) is 0. The lowest BCUT2D eigenvalue weighted by molar-refractivity contribution is 0.111. The summed E-state index contributed by atoms with van der Waals surface area (Å²) < 4.78 is 5.23. The van der Waals surface area contributed by atoms with Gasteiger partial charge in [-0.15, -0.1) is 0 Å². The zero-order chi connectivity index (χ0) is 11.5. The molecule has 88 valence electrons. The molecule has 16 heavy (non-hydrogen) atoms. The molecule has 2 rings (SSSR count). The van der Waals surface area contributed by atoms with Gasteiger partial charge in [-0.1, -0.05) is 24.4 Å². The molecule has 0 bridgehead atoms. The molecule has 1 aliphatic rings. The van der Waals surface area contributed by atoms with Crippen molar-refractivity contribution in [2.24, 2.45) is 0 Å². The summed E-state index contributed by atoms with van der Waals surface area (Å²) in [5.74, 6) is 1.25. The second-order valence-corrected chi connectivity index (χ2v) is 4.72. The van der Waals surface area contributed by atoms with Crippen molar-refractivity contribution in [1.82, 2.24) is 9.97 Å². The van der Waals surface area contributed by atoms with Crippen LogP contribution in [-0.4, -0.2) is 17.1 Å². The number of hydrogen-bond acceptors (Lipinski definition) is 3. The molecule has 1 saturated carbocycles. The van der Waals surface area contributed by atoms with E-state index >= 15 is 0 Å². The zero-order valence-corrected chi connectivity index (χ0v) is 10.5. The number of nitrogens with zero attached hydrogens (tertiary/aromatic N) is 2. The smallest absolute Gasteiger partial charge is 0.158 e. The highest BCUT2D eigenvalue weighted by Crippen LogP contribution is 2.34. The first-order valence-corrected chi connectivity index (χ1v) is 6.15. The molecule has 3 nitrogen and oxygen atoms in total. The minimum Gasteiger partial charge on any atom is -0.374 e. The van der Waals surface area contributed by atoms with Crippen LogP contribution in [0.5, 0.6) is 0 Å². The van der Waals surface area contributed by atoms with Gasteiger partial charge in [-0.05, 0) is 25.8 Å². The van der Waals surface area contributed by atoms with Gasteiger partial charge in [0, 0.05) is 18.7 Å². The van der Waals surface area contributed by atoms with Crippen molar-refractivity contribution in [2.75, 3.05) is 7.11 Å². The van der Waals surface area contributed by atoms with Gasteiger partial charge in [0.25, 0.3) is 0 Å². The van der Waals surface area contributed by atoms with Crippen LogP contribution in [0, 0.1) is 0 Å². The monoisotopic (exact) mass is 240 g/mol. The first-order chi connectivity index (χ1) is 7.70. The Morgan fingerprint density at radius 3 is 2.69 bits per heavy atom. The van der Waals surface area contributed by atoms with Crippen LogP contribution in [0.25, 0.3) is 0 Å². The Bertz CT molecular complexity index is 364. The minimum atomic E-state index is -0.0983. The molecule has 1 aromatic heterocycles. The van der Waals surface area contributed by atoms with Gasteiger partial charge in [0.05, 0.1) is 0 Å². The minimum absolute atomic E-state index is 0.0983. The van der Waals surface area contributed by atoms with Crippen LogP contribution in [0.1, 0.15) is 56.1 Å². The molecule has 0 radical (unpaired) electrons. The van der Waals surface area contributed by atoms with Crippen LogP contribution in [0.15, 0.2) is 6.07 Å². The van der Waals surface area contributed by atoms with Crippen LogP contribution in [-0.2, 0) is 4.74 Å². The molecule has 1 atom stereocenters. The van der Waals surface area contributed by atoms with Gasteiger partial charge in [-0.25, -0.2) is 9.97 Å². The average Bonchev–Trinajstić information content (AvgIpc) is 2.80. The molecular weight excluding hydrogens is 224 g/mol. The Labute approximate surface area is 101 Å². The van der Waals surface area contributed by atoms with Gasteiger partial charge in [0.1, 0.15) is 11.3 Å². The summed E-state index contributed by atoms with van der Waals surface area (Å²) >= 11 is 6.02. The van der Waals surface area contributed by atoms with E-state index in [2.05, 4.69) is 9.97 Å². The summed E-state index contributed by atoms with van der Waals surface area (Å²) in [5, 5.41) is 0.524. The molecule has 0 saturated heterocycles. The third-order valence-corrected chi connectivity index (χ3v) is 3.42. The standard InChI is InChI=1S/C12H17ClN2O/c1-8(16-2)12-14-10(7-11(13)15-12)9-5-3-4-6-9/h7-9H,3-6H2,1-2H3/t8-/m0/s1. The van der Waals surface area contributed by atoms with E-state index in [4.69, 9.17) is 16.3 Å². The van der Waals surface area contributed by atoms with E-state index in [0.29, 0.717) is 16.9 Å². The quantitative estimate of drug-likeness (QED) is 0.759. The lowest BCUT2D eigenvalue weighted by Gasteiger charge is -2.13. The average molecular weight is 241 g/mol. The number of halogens is 1. The predicted molar refractivity (Wildman–Crippen MR) is 63.7 cm³/mol. The molecule has 0 unspecified atom stereocenters. The summed E-state index contributed by atoms with van der Waals surface area (Å²) in [6.07, 6.45) is 4.92. The Kier molecular flexibility index (Phi) is 3.77. The molecule has 1 fully saturated rings. The van der Waals surface area contributed by atoms with Crippen LogP contribution in [0.4, 0.5) is 0 Å². The lowest BCUT2D eigenvalue weighted by Crippen LogP contribution is -2.07. The first-order valence-electron chi connectivity index (χ1n) is 5.78. The van der Waals surface area contributed by atoms with E-state index in [0.717, 1.165) is 5.69 Å². The summed E-state index contributed by atoms with van der Waals surface area (Å²) in [5.41, 5.74) is 1.08. The molecule has 0 aromatic carbocycles. The molecule has 0 spiro atoms. The maximum Gasteiger partial charge on any atom is 0.158 e. The topological polar surface area (TPSA) is 35.0 Å². The number of aromatic nitrogens is 2. The van der Waals surface area contributed by atoms with Crippen molar-refractivity contribution in [3.8, 4) is 0 Å². The maximum atomic E-state index is 6.02. The number of ether oxygens (including phenoxy) is 1. The SMILES string of the molecule is CO[C@@H](C)c1nc(Cl)cc(C2CCCC2)n1. The molecule has 0 N–H and O–H groups in total. The van der Waals surface area contributed by atoms with E-state index in [1.807, 2.05) is 13.0 Å². The molecule has 1 aliphatic carbocycles. The van der Waals surface area contributed by atoms with Crippen LogP contribution < -0.4 is 0 Å². The Morgan fingerprint density at radius 2 is 2.06 bits per heavy atom. The Morgan fingerprint density at radius 1 is 1.38 bits per heavy atom. The van der Waals surface area contributed by atoms with E-state index < -0.39 is 0 Å². The maximum absolute atomic E-state index is 6.02. The predicted octanol–water partition coefficient (Wildman–Crippen LogP) is 3.50. The van der Waals surface area contributed by atoms with Crippen molar-refractivity contribution >= 4 is 11.6 Å². The van der Waals surface area contributed by atoms with Gasteiger partial charge in [-0.2, -0.15) is 0 Å². The normalized spacial score (nSPS) is 18.9. The highest BCUT2D eigenvalue weighted by Gasteiger charge is 2.20. The fourth-order valence-corrected chi connectivity index (χ4v) is 2.37. The molecule has 1 aromatic rings. The highest BCUT2D eigenvalue weighted by molar-refractivity contribution is 6.29. The van der Waals surface area contributed by atoms with Gasteiger partial charge in [-0.3, -0.25) is 0 Å². The summed E-state index contributed by atoms with van der Waals surface area (Å²) in [6, 6.07) is 1.89. The van der Waals surface area contributed by atoms with Crippen LogP contribution in [0.2, 0.25) is 5.15 Å². The zero-order valence-electron chi connectivity index (χ0n) is 9.74. The van der Waals surface area contributed by atoms with Crippen molar-refractivity contribution in [3.05, 3.63) is 22.7 Å². The molecule has 0 amide bonds. The lowest BCUT2D eigenvalue weighted by atomic mass is 10.0. The largest absolute Gasteiger partial charge is 0.374 e. The van der Waals surface area contributed by atoms with Crippen LogP contribution in [0.3, 0.4) is 0 Å². The third kappa shape index (κ3) is 2.53. The van der Waals surface area contributed by atoms with Gasteiger partial charge in [0.15, 0.2) is 5.82 Å². The van der Waals surface area contributed by atoms with Crippen molar-refractivity contribution in [3.63, 3.8) is 0 Å². The summed E-state index contributed by atoms with van der Waals surface area (Å²) in [7, 11) is 1.66. The number of rotatable bonds is 3. The first kappa shape index (κ1) is 11.8. The number of methoxy groups -OCH3 is 1. The van der Waals surface area contributed by atoms with Gasteiger partial charge >= 0.3 is 0 Å². The fourth-order valence-electron chi connectivity index (χ4n) is 2.17. The summed E-state index contributed by atoms with van der Waals surface area (Å²) in [6.45, 7) is 1.93. The Balaban J connectivity index is 2.27. The van der Waals surface area contributed by atoms with Gasteiger partial charge < -0.3 is 4.74 Å². The van der Waals surface area contributed by atoms with E-state index in [1.54, 1.807) is 7.11 Å². The Hall–Kier alpha value is -0.670. The fraction of sp³-hybridized carbons (Fsp3) is 0.667. The molecular formula is C12H17ClN2O. The van der Waals surface area contributed by atoms with E-state index in [9.17, 15) is 0 Å². The second kappa shape index (κ2) is 5.11. The van der Waals surface area contributed by atoms with Crippen molar-refractivity contribution < 1.29 is 4.74 Å². The second-order valence-electron chi connectivity index (χ2n) is 4.33.